The first kappa shape index (κ1) is 21.0. The summed E-state index contributed by atoms with van der Waals surface area (Å²) in [6.07, 6.45) is 4.82. The van der Waals surface area contributed by atoms with E-state index in [2.05, 4.69) is 37.5 Å². The second-order valence-electron chi connectivity index (χ2n) is 7.44. The van der Waals surface area contributed by atoms with E-state index in [-0.39, 0.29) is 12.5 Å². The number of para-hydroxylation sites is 2. The van der Waals surface area contributed by atoms with Gasteiger partial charge in [0.25, 0.3) is 5.91 Å². The van der Waals surface area contributed by atoms with Gasteiger partial charge in [-0.3, -0.25) is 4.79 Å². The van der Waals surface area contributed by atoms with Crippen LogP contribution in [-0.4, -0.2) is 51.2 Å². The molecule has 0 saturated heterocycles. The van der Waals surface area contributed by atoms with Crippen LogP contribution in [0.4, 0.5) is 16.2 Å². The third-order valence-corrected chi connectivity index (χ3v) is 5.18. The van der Waals surface area contributed by atoms with Gasteiger partial charge in [-0.05, 0) is 48.2 Å². The van der Waals surface area contributed by atoms with Crippen LogP contribution in [-0.2, 0) is 4.79 Å². The molecule has 0 unspecified atom stereocenters. The zero-order valence-corrected chi connectivity index (χ0v) is 18.1. The molecule has 0 saturated carbocycles. The summed E-state index contributed by atoms with van der Waals surface area (Å²) in [6, 6.07) is 12.7. The Kier molecular flexibility index (Phi) is 5.50. The highest BCUT2D eigenvalue weighted by Gasteiger charge is 2.30. The van der Waals surface area contributed by atoms with Gasteiger partial charge in [0, 0.05) is 25.1 Å². The highest BCUT2D eigenvalue weighted by molar-refractivity contribution is 6.01. The lowest BCUT2D eigenvalue weighted by molar-refractivity contribution is -0.120. The predicted octanol–water partition coefficient (Wildman–Crippen LogP) is 2.07. The zero-order valence-electron chi connectivity index (χ0n) is 18.1. The Morgan fingerprint density at radius 3 is 2.91 bits per heavy atom. The van der Waals surface area contributed by atoms with Gasteiger partial charge in [0.1, 0.15) is 29.8 Å². The monoisotopic (exact) mass is 453 g/mol. The summed E-state index contributed by atoms with van der Waals surface area (Å²) in [4.78, 5) is 35.3. The number of anilines is 2. The minimum atomic E-state index is -0.846. The van der Waals surface area contributed by atoms with Crippen LogP contribution in [0.2, 0.25) is 0 Å². The standard InChI is InChI=1S/C24H19N7O3/c1-30-20-5-2-3-6-21(20)34-15-19(23(30)32)29-24(33)28-17-10-12-25-16(13-17)8-9-18-14-26-22-7-4-11-27-31(18)22/h2-7,10-14,19H,15H2,1H3,(H2,25,28,29,33)/t19-/m0/s1. The van der Waals surface area contributed by atoms with Crippen molar-refractivity contribution in [1.82, 2.24) is 24.9 Å². The van der Waals surface area contributed by atoms with Crippen molar-refractivity contribution in [3.05, 3.63) is 78.5 Å². The number of fused-ring (bicyclic) bond motifs is 2. The maximum Gasteiger partial charge on any atom is 0.320 e. The van der Waals surface area contributed by atoms with Gasteiger partial charge >= 0.3 is 6.03 Å². The van der Waals surface area contributed by atoms with Crippen molar-refractivity contribution < 1.29 is 14.3 Å². The molecule has 168 valence electrons. The molecule has 1 aliphatic rings. The van der Waals surface area contributed by atoms with E-state index in [0.29, 0.717) is 34.2 Å². The van der Waals surface area contributed by atoms with E-state index in [9.17, 15) is 9.59 Å². The number of rotatable bonds is 2. The van der Waals surface area contributed by atoms with Crippen LogP contribution in [0.5, 0.6) is 5.75 Å². The fourth-order valence-corrected chi connectivity index (χ4v) is 3.50. The molecule has 1 aromatic carbocycles. The zero-order chi connectivity index (χ0) is 23.5. The Labute approximate surface area is 194 Å². The van der Waals surface area contributed by atoms with E-state index in [1.54, 1.807) is 54.3 Å². The number of carbonyl (C=O) groups is 2. The van der Waals surface area contributed by atoms with Crippen LogP contribution < -0.4 is 20.3 Å². The lowest BCUT2D eigenvalue weighted by atomic mass is 10.2. The molecule has 10 nitrogen and oxygen atoms in total. The first-order valence-corrected chi connectivity index (χ1v) is 10.4. The summed E-state index contributed by atoms with van der Waals surface area (Å²) in [6.45, 7) is 0.0218. The molecule has 2 N–H and O–H groups in total. The predicted molar refractivity (Wildman–Crippen MR) is 124 cm³/mol. The van der Waals surface area contributed by atoms with Crippen molar-refractivity contribution >= 4 is 29.0 Å². The fourth-order valence-electron chi connectivity index (χ4n) is 3.50. The fraction of sp³-hybridized carbons (Fsp3) is 0.125. The number of likely N-dealkylation sites (N-methyl/N-ethyl adjacent to an activating group) is 1. The van der Waals surface area contributed by atoms with Crippen molar-refractivity contribution in [3.63, 3.8) is 0 Å². The van der Waals surface area contributed by atoms with Crippen molar-refractivity contribution in [3.8, 4) is 17.6 Å². The van der Waals surface area contributed by atoms with E-state index in [1.165, 1.54) is 11.1 Å². The number of aromatic nitrogens is 4. The molecule has 4 heterocycles. The van der Waals surface area contributed by atoms with Crippen molar-refractivity contribution in [2.45, 2.75) is 6.04 Å². The summed E-state index contributed by atoms with van der Waals surface area (Å²) in [5.41, 5.74) is 2.89. The van der Waals surface area contributed by atoms with E-state index in [1.807, 2.05) is 18.2 Å². The van der Waals surface area contributed by atoms with Gasteiger partial charge in [0.05, 0.1) is 11.9 Å². The Hall–Kier alpha value is -4.91. The van der Waals surface area contributed by atoms with Crippen LogP contribution in [0, 0.1) is 11.8 Å². The molecule has 0 aliphatic carbocycles. The molecule has 0 fully saturated rings. The number of carbonyl (C=O) groups excluding carboxylic acids is 2. The number of hydrogen-bond acceptors (Lipinski definition) is 6. The van der Waals surface area contributed by atoms with Gasteiger partial charge in [-0.25, -0.2) is 19.3 Å². The Morgan fingerprint density at radius 1 is 1.12 bits per heavy atom. The number of urea groups is 1. The van der Waals surface area contributed by atoms with E-state index < -0.39 is 12.1 Å². The average molecular weight is 453 g/mol. The largest absolute Gasteiger partial charge is 0.489 e. The molecule has 3 aromatic heterocycles. The first-order valence-electron chi connectivity index (χ1n) is 10.4. The minimum absolute atomic E-state index is 0.0218. The van der Waals surface area contributed by atoms with Gasteiger partial charge in [-0.15, -0.1) is 0 Å². The van der Waals surface area contributed by atoms with Crippen LogP contribution in [0.25, 0.3) is 5.65 Å². The summed E-state index contributed by atoms with van der Waals surface area (Å²) in [5, 5.41) is 9.61. The Morgan fingerprint density at radius 2 is 2.00 bits per heavy atom. The quantitative estimate of drug-likeness (QED) is 0.449. The highest BCUT2D eigenvalue weighted by Crippen LogP contribution is 2.29. The van der Waals surface area contributed by atoms with E-state index in [0.717, 1.165) is 0 Å². The number of amides is 3. The van der Waals surface area contributed by atoms with Crippen molar-refractivity contribution in [1.29, 1.82) is 0 Å². The van der Waals surface area contributed by atoms with Crippen molar-refractivity contribution in [2.24, 2.45) is 0 Å². The van der Waals surface area contributed by atoms with Crippen LogP contribution >= 0.6 is 0 Å². The summed E-state index contributed by atoms with van der Waals surface area (Å²) >= 11 is 0. The maximum absolute atomic E-state index is 12.8. The molecule has 34 heavy (non-hydrogen) atoms. The third kappa shape index (κ3) is 4.22. The number of nitrogens with zero attached hydrogens (tertiary/aromatic N) is 5. The first-order chi connectivity index (χ1) is 16.6. The normalized spacial score (nSPS) is 14.9. The lowest BCUT2D eigenvalue weighted by Gasteiger charge is -2.20. The molecule has 3 amide bonds. The Bertz CT molecular complexity index is 1450. The second kappa shape index (κ2) is 8.91. The van der Waals surface area contributed by atoms with Crippen LogP contribution in [0.1, 0.15) is 11.4 Å². The van der Waals surface area contributed by atoms with Gasteiger partial charge < -0.3 is 20.3 Å². The summed E-state index contributed by atoms with van der Waals surface area (Å²) in [7, 11) is 1.65. The molecule has 1 aliphatic heterocycles. The van der Waals surface area contributed by atoms with Gasteiger partial charge in [-0.2, -0.15) is 5.10 Å². The van der Waals surface area contributed by atoms with Gasteiger partial charge in [-0.1, -0.05) is 12.1 Å². The summed E-state index contributed by atoms with van der Waals surface area (Å²) < 4.78 is 7.35. The number of imidazole rings is 1. The summed E-state index contributed by atoms with van der Waals surface area (Å²) in [5.74, 6) is 6.25. The number of ether oxygens (including phenoxy) is 1. The Balaban J connectivity index is 1.26. The van der Waals surface area contributed by atoms with Gasteiger partial charge in [0.15, 0.2) is 5.65 Å². The number of hydrogen-bond donors (Lipinski definition) is 2. The lowest BCUT2D eigenvalue weighted by Crippen LogP contribution is -2.50. The SMILES string of the molecule is CN1C(=O)[C@@H](NC(=O)Nc2ccnc(C#Cc3cnc4cccnn34)c2)COc2ccccc21. The van der Waals surface area contributed by atoms with Crippen LogP contribution in [0.3, 0.4) is 0 Å². The average Bonchev–Trinajstić information content (AvgIpc) is 3.23. The molecule has 4 aromatic rings. The molecule has 1 atom stereocenters. The molecule has 10 heteroatoms. The van der Waals surface area contributed by atoms with E-state index >= 15 is 0 Å². The molecular weight excluding hydrogens is 434 g/mol. The van der Waals surface area contributed by atoms with Crippen LogP contribution in [0.15, 0.2) is 67.1 Å². The molecule has 5 rings (SSSR count). The molecule has 0 spiro atoms. The number of nitrogens with one attached hydrogen (secondary N) is 2. The number of pyridine rings is 1. The second-order valence-corrected chi connectivity index (χ2v) is 7.44. The molecular formula is C24H19N7O3. The smallest absolute Gasteiger partial charge is 0.320 e. The minimum Gasteiger partial charge on any atom is -0.489 e. The third-order valence-electron chi connectivity index (χ3n) is 5.18. The number of benzene rings is 1. The van der Waals surface area contributed by atoms with Crippen molar-refractivity contribution in [2.75, 3.05) is 23.9 Å². The van der Waals surface area contributed by atoms with Gasteiger partial charge in [0.2, 0.25) is 0 Å². The molecule has 0 bridgehead atoms. The molecule has 0 radical (unpaired) electrons. The maximum atomic E-state index is 12.8. The highest BCUT2D eigenvalue weighted by atomic mass is 16.5. The van der Waals surface area contributed by atoms with E-state index in [4.69, 9.17) is 4.74 Å². The topological polar surface area (TPSA) is 114 Å².